The molecule has 30 heavy (non-hydrogen) atoms. The number of aliphatic hydroxyl groups excluding tert-OH is 1. The molecule has 1 amide bonds. The topological polar surface area (TPSA) is 77.8 Å². The van der Waals surface area contributed by atoms with E-state index in [0.717, 1.165) is 61.1 Å². The Morgan fingerprint density at radius 3 is 2.60 bits per heavy atom. The fourth-order valence-electron chi connectivity index (χ4n) is 3.68. The van der Waals surface area contributed by atoms with Crippen LogP contribution >= 0.6 is 23.1 Å². The Hall–Kier alpha value is -1.83. The number of benzene rings is 1. The van der Waals surface area contributed by atoms with Crippen LogP contribution < -0.4 is 4.90 Å². The second kappa shape index (κ2) is 11.0. The fourth-order valence-corrected chi connectivity index (χ4v) is 5.77. The van der Waals surface area contributed by atoms with E-state index < -0.39 is 12.1 Å². The highest BCUT2D eigenvalue weighted by atomic mass is 32.2. The number of aliphatic hydroxyl groups is 1. The molecule has 0 aliphatic carbocycles. The van der Waals surface area contributed by atoms with Crippen LogP contribution in [0.3, 0.4) is 0 Å². The Bertz CT molecular complexity index is 849. The molecule has 1 aromatic carbocycles. The summed E-state index contributed by atoms with van der Waals surface area (Å²) in [5, 5.41) is 19.5. The average molecular weight is 448 g/mol. The molecule has 3 rings (SSSR count). The molecular weight excluding hydrogens is 418 g/mol. The van der Waals surface area contributed by atoms with Crippen LogP contribution in [0, 0.1) is 0 Å². The molecule has 0 bridgehead atoms. The van der Waals surface area contributed by atoms with Crippen LogP contribution in [0.15, 0.2) is 36.4 Å². The summed E-state index contributed by atoms with van der Waals surface area (Å²) in [7, 11) is 0. The molecule has 0 unspecified atom stereocenters. The van der Waals surface area contributed by atoms with Crippen molar-refractivity contribution >= 4 is 40.7 Å². The number of rotatable bonds is 11. The highest BCUT2D eigenvalue weighted by Gasteiger charge is 2.32. The normalized spacial score (nSPS) is 17.5. The minimum Gasteiger partial charge on any atom is -0.477 e. The van der Waals surface area contributed by atoms with Crippen molar-refractivity contribution in [3.63, 3.8) is 0 Å². The van der Waals surface area contributed by atoms with Crippen LogP contribution in [0.25, 0.3) is 0 Å². The van der Waals surface area contributed by atoms with Gasteiger partial charge in [0.2, 0.25) is 5.91 Å². The van der Waals surface area contributed by atoms with Gasteiger partial charge in [0, 0.05) is 10.6 Å². The lowest BCUT2D eigenvalue weighted by Gasteiger charge is -2.24. The van der Waals surface area contributed by atoms with Crippen molar-refractivity contribution in [2.24, 2.45) is 0 Å². The maximum Gasteiger partial charge on any atom is 0.345 e. The van der Waals surface area contributed by atoms with Crippen LogP contribution in [0.1, 0.15) is 71.7 Å². The summed E-state index contributed by atoms with van der Waals surface area (Å²) in [6.07, 6.45) is 6.16. The van der Waals surface area contributed by atoms with E-state index in [-0.39, 0.29) is 11.3 Å². The van der Waals surface area contributed by atoms with Crippen molar-refractivity contribution < 1.29 is 19.8 Å². The number of carbonyl (C=O) groups excluding carboxylic acids is 1. The second-order valence-corrected chi connectivity index (χ2v) is 9.93. The summed E-state index contributed by atoms with van der Waals surface area (Å²) >= 11 is 2.98. The van der Waals surface area contributed by atoms with Crippen LogP contribution in [-0.2, 0) is 11.2 Å². The number of carbonyl (C=O) groups is 2. The predicted octanol–water partition coefficient (Wildman–Crippen LogP) is 5.49. The molecule has 5 nitrogen and oxygen atoms in total. The Kier molecular flexibility index (Phi) is 8.36. The predicted molar refractivity (Wildman–Crippen MR) is 123 cm³/mol. The summed E-state index contributed by atoms with van der Waals surface area (Å²) in [6, 6.07) is 11.3. The fraction of sp³-hybridized carbons (Fsp3) is 0.478. The molecule has 0 spiro atoms. The van der Waals surface area contributed by atoms with E-state index in [2.05, 4.69) is 6.92 Å². The number of aryl methyl sites for hydroxylation is 1. The third-order valence-electron chi connectivity index (χ3n) is 5.34. The summed E-state index contributed by atoms with van der Waals surface area (Å²) in [5.74, 6) is -0.285. The van der Waals surface area contributed by atoms with Gasteiger partial charge in [-0.3, -0.25) is 9.69 Å². The first-order valence-electron chi connectivity index (χ1n) is 10.5. The zero-order valence-corrected chi connectivity index (χ0v) is 18.9. The summed E-state index contributed by atoms with van der Waals surface area (Å²) in [4.78, 5) is 26.8. The first-order valence-corrected chi connectivity index (χ1v) is 12.4. The van der Waals surface area contributed by atoms with Gasteiger partial charge in [0.05, 0.1) is 17.2 Å². The molecule has 2 aromatic rings. The Morgan fingerprint density at radius 1 is 1.17 bits per heavy atom. The number of hydrogen-bond acceptors (Lipinski definition) is 5. The Balaban J connectivity index is 1.56. The number of anilines is 1. The quantitative estimate of drug-likeness (QED) is 0.446. The number of nitrogens with zero attached hydrogens (tertiary/aromatic N) is 1. The lowest BCUT2D eigenvalue weighted by molar-refractivity contribution is -0.115. The van der Waals surface area contributed by atoms with Crippen LogP contribution in [0.5, 0.6) is 0 Å². The molecule has 7 heteroatoms. The average Bonchev–Trinajstić information content (AvgIpc) is 3.35. The van der Waals surface area contributed by atoms with Crippen LogP contribution in [0.2, 0.25) is 0 Å². The lowest BCUT2D eigenvalue weighted by Crippen LogP contribution is -2.32. The number of carboxylic acids is 1. The van der Waals surface area contributed by atoms with Crippen molar-refractivity contribution in [3.8, 4) is 0 Å². The van der Waals surface area contributed by atoms with Gasteiger partial charge in [-0.15, -0.1) is 23.1 Å². The van der Waals surface area contributed by atoms with Crippen molar-refractivity contribution in [3.05, 3.63) is 51.7 Å². The SMILES string of the molecule is CCCCC[C@@H](O)c1ccc(N2C(=O)CS[C@@H]2CCCc2ccc(C(=O)O)s2)cc1. The summed E-state index contributed by atoms with van der Waals surface area (Å²) in [6.45, 7) is 2.15. The van der Waals surface area contributed by atoms with Gasteiger partial charge in [0.1, 0.15) is 4.88 Å². The molecule has 1 aliphatic heterocycles. The zero-order chi connectivity index (χ0) is 21.5. The minimum atomic E-state index is -0.881. The van der Waals surface area contributed by atoms with Crippen LogP contribution in [0.4, 0.5) is 5.69 Å². The molecule has 2 atom stereocenters. The monoisotopic (exact) mass is 447 g/mol. The highest BCUT2D eigenvalue weighted by molar-refractivity contribution is 8.01. The number of thioether (sulfide) groups is 1. The number of amides is 1. The van der Waals surface area contributed by atoms with E-state index in [1.54, 1.807) is 17.8 Å². The van der Waals surface area contributed by atoms with Crippen molar-refractivity contribution in [2.45, 2.75) is 63.3 Å². The second-order valence-electron chi connectivity index (χ2n) is 7.60. The molecule has 1 aliphatic rings. The van der Waals surface area contributed by atoms with E-state index in [1.807, 2.05) is 35.2 Å². The van der Waals surface area contributed by atoms with E-state index in [4.69, 9.17) is 5.11 Å². The van der Waals surface area contributed by atoms with E-state index >= 15 is 0 Å². The number of carboxylic acid groups (broad SMARTS) is 1. The first-order chi connectivity index (χ1) is 14.5. The first kappa shape index (κ1) is 22.8. The van der Waals surface area contributed by atoms with E-state index in [1.165, 1.54) is 11.3 Å². The number of unbranched alkanes of at least 4 members (excludes halogenated alkanes) is 2. The molecule has 1 fully saturated rings. The smallest absolute Gasteiger partial charge is 0.345 e. The largest absolute Gasteiger partial charge is 0.477 e. The van der Waals surface area contributed by atoms with Gasteiger partial charge >= 0.3 is 5.97 Å². The van der Waals surface area contributed by atoms with E-state index in [9.17, 15) is 14.7 Å². The molecule has 1 aromatic heterocycles. The van der Waals surface area contributed by atoms with Crippen molar-refractivity contribution in [1.82, 2.24) is 0 Å². The van der Waals surface area contributed by atoms with Gasteiger partial charge in [-0.1, -0.05) is 38.3 Å². The minimum absolute atomic E-state index is 0.0942. The maximum absolute atomic E-state index is 12.5. The number of aromatic carboxylic acids is 1. The summed E-state index contributed by atoms with van der Waals surface area (Å²) < 4.78 is 0. The van der Waals surface area contributed by atoms with Gasteiger partial charge in [-0.05, 0) is 55.5 Å². The van der Waals surface area contributed by atoms with Gasteiger partial charge in [0.15, 0.2) is 0 Å². The van der Waals surface area contributed by atoms with Crippen molar-refractivity contribution in [2.75, 3.05) is 10.7 Å². The zero-order valence-electron chi connectivity index (χ0n) is 17.3. The maximum atomic E-state index is 12.5. The van der Waals surface area contributed by atoms with Gasteiger partial charge in [-0.25, -0.2) is 4.79 Å². The molecule has 0 radical (unpaired) electrons. The lowest BCUT2D eigenvalue weighted by atomic mass is 10.0. The Labute approximate surface area is 186 Å². The Morgan fingerprint density at radius 2 is 1.93 bits per heavy atom. The highest BCUT2D eigenvalue weighted by Crippen LogP contribution is 2.34. The molecule has 1 saturated heterocycles. The van der Waals surface area contributed by atoms with Crippen molar-refractivity contribution in [1.29, 1.82) is 0 Å². The van der Waals surface area contributed by atoms with Crippen LogP contribution in [-0.4, -0.2) is 33.2 Å². The number of hydrogen-bond donors (Lipinski definition) is 2. The third kappa shape index (κ3) is 5.86. The molecule has 0 saturated carbocycles. The number of thiophene rings is 1. The molecule has 2 N–H and O–H groups in total. The van der Waals surface area contributed by atoms with Gasteiger partial charge in [0.25, 0.3) is 0 Å². The molecule has 162 valence electrons. The van der Waals surface area contributed by atoms with Gasteiger partial charge < -0.3 is 10.2 Å². The summed E-state index contributed by atoms with van der Waals surface area (Å²) in [5.41, 5.74) is 1.78. The van der Waals surface area contributed by atoms with Gasteiger partial charge in [-0.2, -0.15) is 0 Å². The standard InChI is InChI=1S/C23H29NO4S2/c1-2-3-4-7-19(25)16-9-11-17(12-10-16)24-21(26)15-29-22(24)8-5-6-18-13-14-20(30-18)23(27)28/h9-14,19,22,25H,2-8,15H2,1H3,(H,27,28)/t19-,22-/m1/s1. The molecular formula is C23H29NO4S2. The molecule has 2 heterocycles. The third-order valence-corrected chi connectivity index (χ3v) is 7.72. The van der Waals surface area contributed by atoms with E-state index in [0.29, 0.717) is 10.6 Å².